The molecule has 5 nitrogen and oxygen atoms in total. The van der Waals surface area contributed by atoms with Gasteiger partial charge in [-0.05, 0) is 12.8 Å². The molecule has 0 radical (unpaired) electrons. The number of nitrogens with one attached hydrogen (secondary N) is 1. The van der Waals surface area contributed by atoms with Gasteiger partial charge in [-0.2, -0.15) is 0 Å². The van der Waals surface area contributed by atoms with E-state index in [4.69, 9.17) is 9.84 Å². The summed E-state index contributed by atoms with van der Waals surface area (Å²) in [7, 11) is 1.74. The van der Waals surface area contributed by atoms with Crippen molar-refractivity contribution in [2.24, 2.45) is 0 Å². The molecule has 118 valence electrons. The van der Waals surface area contributed by atoms with Crippen molar-refractivity contribution in [3.63, 3.8) is 0 Å². The number of carbonyl (C=O) groups excluding carboxylic acids is 1. The van der Waals surface area contributed by atoms with Gasteiger partial charge in [0.25, 0.3) is 0 Å². The van der Waals surface area contributed by atoms with Crippen molar-refractivity contribution in [3.05, 3.63) is 0 Å². The fraction of sp³-hybridized carbons (Fsp3) is 0.867. The summed E-state index contributed by atoms with van der Waals surface area (Å²) < 4.78 is 5.00. The Hall–Kier alpha value is -1.10. The van der Waals surface area contributed by atoms with Crippen LogP contribution in [0.1, 0.15) is 64.2 Å². The maximum Gasteiger partial charge on any atom is 0.322 e. The zero-order chi connectivity index (χ0) is 15.1. The summed E-state index contributed by atoms with van der Waals surface area (Å²) in [6, 6.07) is 0. The molecule has 20 heavy (non-hydrogen) atoms. The van der Waals surface area contributed by atoms with Crippen LogP contribution in [0, 0.1) is 0 Å². The fourth-order valence-electron chi connectivity index (χ4n) is 2.03. The standard InChI is InChI=1S/C15H29NO4/c1-20-12-10-8-6-4-2-3-5-7-9-11-14(17)16-13-15(18)19/h2-13H2,1H3,(H,16,17)(H,18,19). The second-order valence-electron chi connectivity index (χ2n) is 5.10. The van der Waals surface area contributed by atoms with Crippen molar-refractivity contribution in [3.8, 4) is 0 Å². The monoisotopic (exact) mass is 287 g/mol. The van der Waals surface area contributed by atoms with E-state index in [1.165, 1.54) is 32.1 Å². The van der Waals surface area contributed by atoms with Gasteiger partial charge in [-0.3, -0.25) is 9.59 Å². The number of amides is 1. The molecule has 0 saturated heterocycles. The van der Waals surface area contributed by atoms with E-state index in [1.807, 2.05) is 0 Å². The zero-order valence-corrected chi connectivity index (χ0v) is 12.7. The highest BCUT2D eigenvalue weighted by molar-refractivity contribution is 5.80. The van der Waals surface area contributed by atoms with Crippen LogP contribution >= 0.6 is 0 Å². The number of aliphatic carboxylic acids is 1. The van der Waals surface area contributed by atoms with Crippen LogP contribution in [-0.4, -0.2) is 37.2 Å². The Bertz CT molecular complexity index is 256. The van der Waals surface area contributed by atoms with Gasteiger partial charge in [0.1, 0.15) is 6.54 Å². The smallest absolute Gasteiger partial charge is 0.322 e. The van der Waals surface area contributed by atoms with Crippen LogP contribution in [0.15, 0.2) is 0 Å². The number of rotatable bonds is 14. The van der Waals surface area contributed by atoms with Gasteiger partial charge in [0.05, 0.1) is 0 Å². The Morgan fingerprint density at radius 2 is 1.40 bits per heavy atom. The van der Waals surface area contributed by atoms with Gasteiger partial charge in [-0.1, -0.05) is 44.9 Å². The molecule has 0 saturated carbocycles. The number of methoxy groups -OCH3 is 1. The summed E-state index contributed by atoms with van der Waals surface area (Å²) >= 11 is 0. The first-order valence-corrected chi connectivity index (χ1v) is 7.64. The summed E-state index contributed by atoms with van der Waals surface area (Å²) in [5, 5.41) is 10.8. The predicted octanol–water partition coefficient (Wildman–Crippen LogP) is 2.73. The second kappa shape index (κ2) is 14.3. The first kappa shape index (κ1) is 18.9. The largest absolute Gasteiger partial charge is 0.480 e. The van der Waals surface area contributed by atoms with E-state index < -0.39 is 5.97 Å². The van der Waals surface area contributed by atoms with E-state index in [2.05, 4.69) is 5.32 Å². The number of carboxylic acids is 1. The fourth-order valence-corrected chi connectivity index (χ4v) is 2.03. The number of carbonyl (C=O) groups is 2. The first-order chi connectivity index (χ1) is 9.66. The lowest BCUT2D eigenvalue weighted by Gasteiger charge is -2.03. The molecule has 0 heterocycles. The number of hydrogen-bond donors (Lipinski definition) is 2. The first-order valence-electron chi connectivity index (χ1n) is 7.64. The lowest BCUT2D eigenvalue weighted by molar-refractivity contribution is -0.137. The molecular weight excluding hydrogens is 258 g/mol. The van der Waals surface area contributed by atoms with Crippen molar-refractivity contribution in [2.75, 3.05) is 20.3 Å². The maximum atomic E-state index is 11.2. The normalized spacial score (nSPS) is 10.4. The van der Waals surface area contributed by atoms with Gasteiger partial charge in [-0.25, -0.2) is 0 Å². The molecule has 0 aromatic rings. The minimum Gasteiger partial charge on any atom is -0.480 e. The van der Waals surface area contributed by atoms with Crippen LogP contribution < -0.4 is 5.32 Å². The van der Waals surface area contributed by atoms with Crippen LogP contribution in [0.5, 0.6) is 0 Å². The molecule has 0 atom stereocenters. The third-order valence-corrected chi connectivity index (χ3v) is 3.19. The Kier molecular flexibility index (Phi) is 13.5. The predicted molar refractivity (Wildman–Crippen MR) is 78.7 cm³/mol. The highest BCUT2D eigenvalue weighted by atomic mass is 16.5. The van der Waals surface area contributed by atoms with Crippen molar-refractivity contribution in [2.45, 2.75) is 64.2 Å². The van der Waals surface area contributed by atoms with Gasteiger partial charge in [-0.15, -0.1) is 0 Å². The minimum absolute atomic E-state index is 0.162. The Morgan fingerprint density at radius 1 is 0.900 bits per heavy atom. The summed E-state index contributed by atoms with van der Waals surface area (Å²) in [5.74, 6) is -1.16. The number of carboxylic acid groups (broad SMARTS) is 1. The Morgan fingerprint density at radius 3 is 1.90 bits per heavy atom. The topological polar surface area (TPSA) is 75.6 Å². The van der Waals surface area contributed by atoms with E-state index in [-0.39, 0.29) is 12.5 Å². The van der Waals surface area contributed by atoms with E-state index in [0.29, 0.717) is 6.42 Å². The summed E-state index contributed by atoms with van der Waals surface area (Å²) in [6.45, 7) is 0.589. The molecule has 0 aliphatic carbocycles. The quantitative estimate of drug-likeness (QED) is 0.482. The molecule has 5 heteroatoms. The molecule has 0 fully saturated rings. The number of hydrogen-bond acceptors (Lipinski definition) is 3. The molecule has 0 aliphatic rings. The van der Waals surface area contributed by atoms with Crippen molar-refractivity contribution >= 4 is 11.9 Å². The van der Waals surface area contributed by atoms with Crippen LogP contribution in [0.3, 0.4) is 0 Å². The maximum absolute atomic E-state index is 11.2. The minimum atomic E-state index is -0.996. The molecule has 0 rings (SSSR count). The molecular formula is C15H29NO4. The van der Waals surface area contributed by atoms with Crippen molar-refractivity contribution in [1.82, 2.24) is 5.32 Å². The molecule has 0 aromatic carbocycles. The Labute approximate surface area is 122 Å². The molecule has 0 bridgehead atoms. The van der Waals surface area contributed by atoms with Gasteiger partial charge in [0.2, 0.25) is 5.91 Å². The third-order valence-electron chi connectivity index (χ3n) is 3.19. The molecule has 0 unspecified atom stereocenters. The van der Waals surface area contributed by atoms with E-state index in [0.717, 1.165) is 32.3 Å². The van der Waals surface area contributed by atoms with E-state index in [1.54, 1.807) is 7.11 Å². The third kappa shape index (κ3) is 15.0. The summed E-state index contributed by atoms with van der Waals surface area (Å²) in [4.78, 5) is 21.5. The lowest BCUT2D eigenvalue weighted by atomic mass is 10.1. The summed E-state index contributed by atoms with van der Waals surface area (Å²) in [6.07, 6.45) is 10.9. The second-order valence-corrected chi connectivity index (χ2v) is 5.10. The summed E-state index contributed by atoms with van der Waals surface area (Å²) in [5.41, 5.74) is 0. The van der Waals surface area contributed by atoms with Crippen LogP contribution in [-0.2, 0) is 14.3 Å². The average Bonchev–Trinajstić information content (AvgIpc) is 2.42. The van der Waals surface area contributed by atoms with Gasteiger partial charge < -0.3 is 15.2 Å². The Balaban J connectivity index is 3.12. The molecule has 1 amide bonds. The molecule has 0 aromatic heterocycles. The lowest BCUT2D eigenvalue weighted by Crippen LogP contribution is -2.28. The number of ether oxygens (including phenoxy) is 1. The van der Waals surface area contributed by atoms with Crippen LogP contribution in [0.2, 0.25) is 0 Å². The molecule has 0 aliphatic heterocycles. The van der Waals surface area contributed by atoms with Gasteiger partial charge in [0, 0.05) is 20.1 Å². The van der Waals surface area contributed by atoms with Crippen LogP contribution in [0.4, 0.5) is 0 Å². The van der Waals surface area contributed by atoms with Crippen molar-refractivity contribution < 1.29 is 19.4 Å². The zero-order valence-electron chi connectivity index (χ0n) is 12.7. The number of unbranched alkanes of at least 4 members (excludes halogenated alkanes) is 8. The van der Waals surface area contributed by atoms with E-state index in [9.17, 15) is 9.59 Å². The van der Waals surface area contributed by atoms with Crippen molar-refractivity contribution in [1.29, 1.82) is 0 Å². The highest BCUT2D eigenvalue weighted by Crippen LogP contribution is 2.10. The average molecular weight is 287 g/mol. The molecule has 2 N–H and O–H groups in total. The van der Waals surface area contributed by atoms with Crippen LogP contribution in [0.25, 0.3) is 0 Å². The SMILES string of the molecule is COCCCCCCCCCCCC(=O)NCC(=O)O. The molecule has 0 spiro atoms. The van der Waals surface area contributed by atoms with E-state index >= 15 is 0 Å². The highest BCUT2D eigenvalue weighted by Gasteiger charge is 2.03. The van der Waals surface area contributed by atoms with Gasteiger partial charge in [0.15, 0.2) is 0 Å². The van der Waals surface area contributed by atoms with Gasteiger partial charge >= 0.3 is 5.97 Å².